The molecule has 0 unspecified atom stereocenters. The molecule has 0 saturated carbocycles. The number of carbonyl (C=O) groups is 1. The fraction of sp³-hybridized carbons (Fsp3) is 0.417. The molecule has 0 saturated heterocycles. The predicted molar refractivity (Wildman–Crippen MR) is 73.1 cm³/mol. The van der Waals surface area contributed by atoms with Gasteiger partial charge in [-0.2, -0.15) is 20.5 Å². The van der Waals surface area contributed by atoms with Crippen LogP contribution in [0.1, 0.15) is 6.42 Å². The highest BCUT2D eigenvalue weighted by Crippen LogP contribution is 2.17. The molecule has 7 heteroatoms. The van der Waals surface area contributed by atoms with Gasteiger partial charge in [0.25, 0.3) is 0 Å². The van der Waals surface area contributed by atoms with Crippen molar-refractivity contribution >= 4 is 23.5 Å². The van der Waals surface area contributed by atoms with E-state index in [-0.39, 0.29) is 11.8 Å². The molecule has 106 valence electrons. The van der Waals surface area contributed by atoms with Crippen molar-refractivity contribution in [1.29, 1.82) is 0 Å². The summed E-state index contributed by atoms with van der Waals surface area (Å²) in [5.74, 6) is 1.04. The normalized spacial score (nSPS) is 10.3. The fourth-order valence-electron chi connectivity index (χ4n) is 1.31. The van der Waals surface area contributed by atoms with Crippen molar-refractivity contribution in [3.8, 4) is 5.75 Å². The molecule has 1 aromatic rings. The van der Waals surface area contributed by atoms with Crippen molar-refractivity contribution in [2.75, 3.05) is 23.9 Å². The molecule has 0 heterocycles. The number of halogens is 2. The van der Waals surface area contributed by atoms with Gasteiger partial charge < -0.3 is 15.4 Å². The van der Waals surface area contributed by atoms with Crippen molar-refractivity contribution in [1.82, 2.24) is 5.32 Å². The largest absolute Gasteiger partial charge is 0.435 e. The van der Waals surface area contributed by atoms with Gasteiger partial charge in [-0.3, -0.25) is 0 Å². The van der Waals surface area contributed by atoms with Crippen LogP contribution in [0.4, 0.5) is 19.3 Å². The number of urea groups is 1. The summed E-state index contributed by atoms with van der Waals surface area (Å²) < 4.78 is 28.1. The predicted octanol–water partition coefficient (Wildman–Crippen LogP) is 3.16. The molecule has 0 bridgehead atoms. The molecule has 19 heavy (non-hydrogen) atoms. The van der Waals surface area contributed by atoms with Gasteiger partial charge in [-0.25, -0.2) is 4.79 Å². The lowest BCUT2D eigenvalue weighted by atomic mass is 10.3. The third-order valence-electron chi connectivity index (χ3n) is 2.15. The molecule has 0 fully saturated rings. The number of rotatable bonds is 7. The van der Waals surface area contributed by atoms with Gasteiger partial charge in [0, 0.05) is 12.2 Å². The van der Waals surface area contributed by atoms with E-state index in [0.29, 0.717) is 12.2 Å². The third-order valence-corrected chi connectivity index (χ3v) is 2.85. The molecule has 0 aliphatic rings. The van der Waals surface area contributed by atoms with Gasteiger partial charge in [0.2, 0.25) is 0 Å². The lowest BCUT2D eigenvalue weighted by molar-refractivity contribution is -0.0498. The number of nitrogens with one attached hydrogen (secondary N) is 2. The maximum atomic E-state index is 11.9. The lowest BCUT2D eigenvalue weighted by Gasteiger charge is -2.08. The molecule has 0 aromatic heterocycles. The topological polar surface area (TPSA) is 50.4 Å². The van der Waals surface area contributed by atoms with E-state index in [2.05, 4.69) is 15.4 Å². The van der Waals surface area contributed by atoms with E-state index in [1.165, 1.54) is 24.3 Å². The summed E-state index contributed by atoms with van der Waals surface area (Å²) in [6.07, 6.45) is 2.90. The molecule has 2 N–H and O–H groups in total. The smallest absolute Gasteiger partial charge is 0.387 e. The molecular formula is C12H16F2N2O2S. The zero-order valence-electron chi connectivity index (χ0n) is 10.5. The first-order chi connectivity index (χ1) is 9.11. The molecule has 0 spiro atoms. The van der Waals surface area contributed by atoms with E-state index >= 15 is 0 Å². The van der Waals surface area contributed by atoms with Gasteiger partial charge in [0.15, 0.2) is 0 Å². The number of carbonyl (C=O) groups excluding carboxylic acids is 1. The number of hydrogen-bond donors (Lipinski definition) is 2. The van der Waals surface area contributed by atoms with Gasteiger partial charge in [-0.1, -0.05) is 0 Å². The number of anilines is 1. The Morgan fingerprint density at radius 3 is 2.63 bits per heavy atom. The highest BCUT2D eigenvalue weighted by Gasteiger charge is 2.05. The number of ether oxygens (including phenoxy) is 1. The van der Waals surface area contributed by atoms with Crippen LogP contribution in [-0.4, -0.2) is 31.2 Å². The Kier molecular flexibility index (Phi) is 7.02. The molecule has 0 radical (unpaired) electrons. The van der Waals surface area contributed by atoms with Crippen molar-refractivity contribution in [3.05, 3.63) is 24.3 Å². The first kappa shape index (κ1) is 15.6. The van der Waals surface area contributed by atoms with Crippen LogP contribution in [0.15, 0.2) is 24.3 Å². The van der Waals surface area contributed by atoms with Gasteiger partial charge in [-0.05, 0) is 42.7 Å². The minimum absolute atomic E-state index is 0.0564. The van der Waals surface area contributed by atoms with Crippen molar-refractivity contribution in [2.45, 2.75) is 13.0 Å². The Labute approximate surface area is 114 Å². The van der Waals surface area contributed by atoms with Crippen LogP contribution in [-0.2, 0) is 0 Å². The zero-order valence-corrected chi connectivity index (χ0v) is 11.3. The van der Waals surface area contributed by atoms with Gasteiger partial charge in [-0.15, -0.1) is 0 Å². The second-order valence-corrected chi connectivity index (χ2v) is 4.62. The molecule has 0 atom stereocenters. The summed E-state index contributed by atoms with van der Waals surface area (Å²) in [7, 11) is 0. The van der Waals surface area contributed by atoms with E-state index in [9.17, 15) is 13.6 Å². The van der Waals surface area contributed by atoms with Crippen LogP contribution in [0.2, 0.25) is 0 Å². The van der Waals surface area contributed by atoms with E-state index in [1.54, 1.807) is 11.8 Å². The molecule has 0 aliphatic carbocycles. The van der Waals surface area contributed by atoms with E-state index in [4.69, 9.17) is 0 Å². The molecule has 0 aliphatic heterocycles. The van der Waals surface area contributed by atoms with E-state index in [0.717, 1.165) is 12.2 Å². The molecule has 1 aromatic carbocycles. The number of alkyl halides is 2. The Morgan fingerprint density at radius 1 is 1.37 bits per heavy atom. The second kappa shape index (κ2) is 8.58. The van der Waals surface area contributed by atoms with Crippen LogP contribution in [0.5, 0.6) is 5.75 Å². The lowest BCUT2D eigenvalue weighted by Crippen LogP contribution is -2.29. The summed E-state index contributed by atoms with van der Waals surface area (Å²) in [5, 5.41) is 5.30. The molecule has 4 nitrogen and oxygen atoms in total. The average molecular weight is 290 g/mol. The quantitative estimate of drug-likeness (QED) is 0.758. The second-order valence-electron chi connectivity index (χ2n) is 3.63. The summed E-state index contributed by atoms with van der Waals surface area (Å²) in [4.78, 5) is 11.5. The van der Waals surface area contributed by atoms with E-state index in [1.807, 2.05) is 6.26 Å². The standard InChI is InChI=1S/C12H16F2N2O2S/c1-19-8-2-7-15-12(17)16-9-3-5-10(6-4-9)18-11(13)14/h3-6,11H,2,7-8H2,1H3,(H2,15,16,17). The van der Waals surface area contributed by atoms with Crippen LogP contribution in [0, 0.1) is 0 Å². The number of thioether (sulfide) groups is 1. The van der Waals surface area contributed by atoms with Crippen molar-refractivity contribution in [2.24, 2.45) is 0 Å². The van der Waals surface area contributed by atoms with Crippen LogP contribution in [0.25, 0.3) is 0 Å². The Balaban J connectivity index is 2.34. The summed E-state index contributed by atoms with van der Waals surface area (Å²) in [5.41, 5.74) is 0.518. The SMILES string of the molecule is CSCCCNC(=O)Nc1ccc(OC(F)F)cc1. The molecule has 2 amide bonds. The summed E-state index contributed by atoms with van der Waals surface area (Å²) in [6.45, 7) is -2.25. The fourth-order valence-corrected chi connectivity index (χ4v) is 1.75. The average Bonchev–Trinajstić information content (AvgIpc) is 2.36. The maximum Gasteiger partial charge on any atom is 0.387 e. The van der Waals surface area contributed by atoms with Crippen molar-refractivity contribution < 1.29 is 18.3 Å². The monoisotopic (exact) mass is 290 g/mol. The zero-order chi connectivity index (χ0) is 14.1. The Morgan fingerprint density at radius 2 is 2.05 bits per heavy atom. The minimum Gasteiger partial charge on any atom is -0.435 e. The Bertz CT molecular complexity index is 388. The van der Waals surface area contributed by atoms with Gasteiger partial charge >= 0.3 is 12.6 Å². The number of benzene rings is 1. The van der Waals surface area contributed by atoms with Crippen LogP contribution in [0.3, 0.4) is 0 Å². The number of amides is 2. The van der Waals surface area contributed by atoms with Crippen LogP contribution >= 0.6 is 11.8 Å². The van der Waals surface area contributed by atoms with E-state index < -0.39 is 6.61 Å². The highest BCUT2D eigenvalue weighted by molar-refractivity contribution is 7.98. The first-order valence-electron chi connectivity index (χ1n) is 5.70. The van der Waals surface area contributed by atoms with Crippen molar-refractivity contribution in [3.63, 3.8) is 0 Å². The maximum absolute atomic E-state index is 11.9. The third kappa shape index (κ3) is 6.85. The molecule has 1 rings (SSSR count). The first-order valence-corrected chi connectivity index (χ1v) is 7.10. The minimum atomic E-state index is -2.85. The highest BCUT2D eigenvalue weighted by atomic mass is 32.2. The number of hydrogen-bond acceptors (Lipinski definition) is 3. The Hall–Kier alpha value is -1.50. The summed E-state index contributed by atoms with van der Waals surface area (Å²) in [6, 6.07) is 5.42. The molecular weight excluding hydrogens is 274 g/mol. The van der Waals surface area contributed by atoms with Gasteiger partial charge in [0.1, 0.15) is 5.75 Å². The van der Waals surface area contributed by atoms with Gasteiger partial charge in [0.05, 0.1) is 0 Å². The van der Waals surface area contributed by atoms with Crippen LogP contribution < -0.4 is 15.4 Å². The summed E-state index contributed by atoms with van der Waals surface area (Å²) >= 11 is 1.72.